The van der Waals surface area contributed by atoms with E-state index in [2.05, 4.69) is 5.32 Å². The topological polar surface area (TPSA) is 66.5 Å². The minimum atomic E-state index is -3.95. The van der Waals surface area contributed by atoms with Crippen LogP contribution in [0.5, 0.6) is 0 Å². The molecule has 0 fully saturated rings. The zero-order valence-corrected chi connectivity index (χ0v) is 20.0. The summed E-state index contributed by atoms with van der Waals surface area (Å²) in [5, 5.41) is 3.52. The highest BCUT2D eigenvalue weighted by Gasteiger charge is 2.29. The van der Waals surface area contributed by atoms with E-state index in [9.17, 15) is 13.2 Å². The van der Waals surface area contributed by atoms with Crippen LogP contribution in [0, 0.1) is 25.7 Å². The second-order valence-corrected chi connectivity index (χ2v) is 10.6. The van der Waals surface area contributed by atoms with Crippen LogP contribution in [0.1, 0.15) is 38.8 Å². The Kier molecular flexibility index (Phi) is 7.94. The fourth-order valence-corrected chi connectivity index (χ4v) is 5.21. The van der Waals surface area contributed by atoms with Crippen molar-refractivity contribution in [3.8, 4) is 0 Å². The molecule has 0 atom stereocenters. The molecule has 0 aromatic heterocycles. The van der Waals surface area contributed by atoms with E-state index >= 15 is 0 Å². The number of nitrogens with zero attached hydrogens (tertiary/aromatic N) is 1. The van der Waals surface area contributed by atoms with Crippen molar-refractivity contribution in [3.05, 3.63) is 58.6 Å². The van der Waals surface area contributed by atoms with Crippen molar-refractivity contribution in [1.29, 1.82) is 0 Å². The average Bonchev–Trinajstić information content (AvgIpc) is 2.64. The number of benzene rings is 2. The Bertz CT molecular complexity index is 978. The third kappa shape index (κ3) is 5.76. The van der Waals surface area contributed by atoms with E-state index in [1.54, 1.807) is 49.4 Å². The summed E-state index contributed by atoms with van der Waals surface area (Å²) < 4.78 is 28.1. The number of hydrogen-bond donors (Lipinski definition) is 1. The van der Waals surface area contributed by atoms with Crippen molar-refractivity contribution in [2.24, 2.45) is 11.8 Å². The van der Waals surface area contributed by atoms with Crippen LogP contribution in [0.25, 0.3) is 0 Å². The number of carbonyl (C=O) groups is 1. The number of anilines is 1. The highest BCUT2D eigenvalue weighted by Crippen LogP contribution is 2.29. The van der Waals surface area contributed by atoms with Gasteiger partial charge in [0, 0.05) is 11.1 Å². The van der Waals surface area contributed by atoms with Gasteiger partial charge in [0.25, 0.3) is 10.0 Å². The maximum absolute atomic E-state index is 13.5. The van der Waals surface area contributed by atoms with Crippen molar-refractivity contribution >= 4 is 33.2 Å². The van der Waals surface area contributed by atoms with Crippen molar-refractivity contribution in [2.45, 2.75) is 52.5 Å². The Morgan fingerprint density at radius 2 is 1.57 bits per heavy atom. The maximum atomic E-state index is 13.5. The standard InChI is InChI=1S/C23H31ClN2O3S/c1-15(2)23(16(3)4)25-22(27)14-26(21-12-9-19(24)13-18(21)6)30(28,29)20-10-7-17(5)8-11-20/h7-13,15-16,23H,14H2,1-6H3,(H,25,27). The van der Waals surface area contributed by atoms with Crippen LogP contribution in [0.3, 0.4) is 0 Å². The van der Waals surface area contributed by atoms with Gasteiger partial charge in [0.1, 0.15) is 6.54 Å². The van der Waals surface area contributed by atoms with Crippen molar-refractivity contribution in [3.63, 3.8) is 0 Å². The van der Waals surface area contributed by atoms with E-state index in [1.165, 1.54) is 0 Å². The van der Waals surface area contributed by atoms with Gasteiger partial charge in [-0.2, -0.15) is 0 Å². The van der Waals surface area contributed by atoms with E-state index in [-0.39, 0.29) is 35.2 Å². The van der Waals surface area contributed by atoms with E-state index in [0.717, 1.165) is 9.87 Å². The molecule has 7 heteroatoms. The first-order valence-electron chi connectivity index (χ1n) is 10.1. The monoisotopic (exact) mass is 450 g/mol. The van der Waals surface area contributed by atoms with Gasteiger partial charge in [0.05, 0.1) is 10.6 Å². The summed E-state index contributed by atoms with van der Waals surface area (Å²) in [6.07, 6.45) is 0. The van der Waals surface area contributed by atoms with Crippen LogP contribution in [0.4, 0.5) is 5.69 Å². The van der Waals surface area contributed by atoms with Crippen molar-refractivity contribution < 1.29 is 13.2 Å². The number of carbonyl (C=O) groups excluding carboxylic acids is 1. The van der Waals surface area contributed by atoms with Gasteiger partial charge in [0.15, 0.2) is 0 Å². The summed E-state index contributed by atoms with van der Waals surface area (Å²) in [6.45, 7) is 11.5. The molecule has 30 heavy (non-hydrogen) atoms. The highest BCUT2D eigenvalue weighted by atomic mass is 35.5. The minimum absolute atomic E-state index is 0.0484. The largest absolute Gasteiger partial charge is 0.351 e. The minimum Gasteiger partial charge on any atom is -0.351 e. The fraction of sp³-hybridized carbons (Fsp3) is 0.435. The Morgan fingerprint density at radius 3 is 2.07 bits per heavy atom. The predicted molar refractivity (Wildman–Crippen MR) is 124 cm³/mol. The average molecular weight is 451 g/mol. The van der Waals surface area contributed by atoms with Gasteiger partial charge in [-0.3, -0.25) is 9.10 Å². The molecule has 1 N–H and O–H groups in total. The fourth-order valence-electron chi connectivity index (χ4n) is 3.50. The van der Waals surface area contributed by atoms with E-state index < -0.39 is 10.0 Å². The maximum Gasteiger partial charge on any atom is 0.264 e. The van der Waals surface area contributed by atoms with Crippen LogP contribution >= 0.6 is 11.6 Å². The number of amides is 1. The summed E-state index contributed by atoms with van der Waals surface area (Å²) in [5.74, 6) is 0.120. The number of nitrogens with one attached hydrogen (secondary N) is 1. The molecule has 0 aliphatic heterocycles. The number of aryl methyl sites for hydroxylation is 2. The number of rotatable bonds is 8. The van der Waals surface area contributed by atoms with Gasteiger partial charge >= 0.3 is 0 Å². The van der Waals surface area contributed by atoms with Gasteiger partial charge in [-0.15, -0.1) is 0 Å². The predicted octanol–water partition coefficient (Wildman–Crippen LogP) is 4.95. The van der Waals surface area contributed by atoms with Gasteiger partial charge in [-0.25, -0.2) is 8.42 Å². The smallest absolute Gasteiger partial charge is 0.264 e. The SMILES string of the molecule is Cc1ccc(S(=O)(=O)N(CC(=O)NC(C(C)C)C(C)C)c2ccc(Cl)cc2C)cc1. The Balaban J connectivity index is 2.46. The highest BCUT2D eigenvalue weighted by molar-refractivity contribution is 7.92. The molecule has 1 amide bonds. The normalized spacial score (nSPS) is 11.9. The zero-order valence-electron chi connectivity index (χ0n) is 18.4. The lowest BCUT2D eigenvalue weighted by Gasteiger charge is -2.29. The van der Waals surface area contributed by atoms with Crippen LogP contribution in [-0.4, -0.2) is 26.9 Å². The van der Waals surface area contributed by atoms with Gasteiger partial charge in [-0.05, 0) is 61.6 Å². The van der Waals surface area contributed by atoms with Gasteiger partial charge in [-0.1, -0.05) is 57.0 Å². The Labute approximate surface area is 185 Å². The molecule has 5 nitrogen and oxygen atoms in total. The zero-order chi connectivity index (χ0) is 22.6. The first kappa shape index (κ1) is 24.2. The quantitative estimate of drug-likeness (QED) is 0.618. The molecule has 0 bridgehead atoms. The Hall–Kier alpha value is -2.05. The molecule has 0 spiro atoms. The molecule has 0 saturated carbocycles. The van der Waals surface area contributed by atoms with E-state index in [0.29, 0.717) is 16.3 Å². The molecule has 2 rings (SSSR count). The molecular weight excluding hydrogens is 420 g/mol. The lowest BCUT2D eigenvalue weighted by Crippen LogP contribution is -2.48. The van der Waals surface area contributed by atoms with Crippen LogP contribution in [-0.2, 0) is 14.8 Å². The molecule has 0 heterocycles. The second-order valence-electron chi connectivity index (χ2n) is 8.34. The first-order valence-corrected chi connectivity index (χ1v) is 11.9. The first-order chi connectivity index (χ1) is 13.9. The molecule has 164 valence electrons. The molecule has 2 aromatic carbocycles. The van der Waals surface area contributed by atoms with Crippen molar-refractivity contribution in [1.82, 2.24) is 5.32 Å². The number of hydrogen-bond acceptors (Lipinski definition) is 3. The summed E-state index contributed by atoms with van der Waals surface area (Å²) in [4.78, 5) is 13.1. The summed E-state index contributed by atoms with van der Waals surface area (Å²) in [6, 6.07) is 11.5. The van der Waals surface area contributed by atoms with Crippen LogP contribution in [0.2, 0.25) is 5.02 Å². The summed E-state index contributed by atoms with van der Waals surface area (Å²) in [7, 11) is -3.95. The Morgan fingerprint density at radius 1 is 1.00 bits per heavy atom. The van der Waals surface area contributed by atoms with Gasteiger partial charge in [0.2, 0.25) is 5.91 Å². The van der Waals surface area contributed by atoms with Gasteiger partial charge < -0.3 is 5.32 Å². The number of halogens is 1. The molecule has 0 aliphatic carbocycles. The lowest BCUT2D eigenvalue weighted by molar-refractivity contribution is -0.121. The third-order valence-corrected chi connectivity index (χ3v) is 7.10. The second kappa shape index (κ2) is 9.84. The third-order valence-electron chi connectivity index (χ3n) is 5.09. The molecule has 2 aromatic rings. The van der Waals surface area contributed by atoms with E-state index in [4.69, 9.17) is 11.6 Å². The molecule has 0 radical (unpaired) electrons. The molecule has 0 unspecified atom stereocenters. The van der Waals surface area contributed by atoms with Crippen LogP contribution < -0.4 is 9.62 Å². The summed E-state index contributed by atoms with van der Waals surface area (Å²) in [5.41, 5.74) is 2.06. The summed E-state index contributed by atoms with van der Waals surface area (Å²) >= 11 is 6.07. The molecule has 0 saturated heterocycles. The molecular formula is C23H31ClN2O3S. The lowest BCUT2D eigenvalue weighted by atomic mass is 9.93. The van der Waals surface area contributed by atoms with E-state index in [1.807, 2.05) is 34.6 Å². The number of sulfonamides is 1. The molecule has 0 aliphatic rings. The van der Waals surface area contributed by atoms with Crippen molar-refractivity contribution in [2.75, 3.05) is 10.8 Å². The van der Waals surface area contributed by atoms with Crippen LogP contribution in [0.15, 0.2) is 47.4 Å².